The van der Waals surface area contributed by atoms with Crippen molar-refractivity contribution in [3.63, 3.8) is 0 Å². The van der Waals surface area contributed by atoms with E-state index in [1.54, 1.807) is 12.1 Å². The molecular formula is C21H22F4. The van der Waals surface area contributed by atoms with Gasteiger partial charge >= 0.3 is 6.18 Å². The molecule has 2 aromatic rings. The summed E-state index contributed by atoms with van der Waals surface area (Å²) in [4.78, 5) is 0. The first kappa shape index (κ1) is 18.0. The Kier molecular flexibility index (Phi) is 5.45. The van der Waals surface area contributed by atoms with Crippen LogP contribution in [0.5, 0.6) is 0 Å². The van der Waals surface area contributed by atoms with Gasteiger partial charge in [-0.2, -0.15) is 13.2 Å². The molecule has 2 aromatic carbocycles. The first-order valence-electron chi connectivity index (χ1n) is 8.89. The molecule has 0 atom stereocenters. The van der Waals surface area contributed by atoms with Crippen LogP contribution in [0.4, 0.5) is 17.6 Å². The van der Waals surface area contributed by atoms with Gasteiger partial charge in [-0.15, -0.1) is 0 Å². The molecule has 0 nitrogen and oxygen atoms in total. The molecule has 1 aliphatic carbocycles. The molecule has 0 radical (unpaired) electrons. The van der Waals surface area contributed by atoms with Crippen LogP contribution in [0, 0.1) is 11.7 Å². The summed E-state index contributed by atoms with van der Waals surface area (Å²) in [6.07, 6.45) is 3.59. The van der Waals surface area contributed by atoms with Crippen molar-refractivity contribution in [3.8, 4) is 11.1 Å². The number of benzene rings is 2. The number of halogens is 4. The third kappa shape index (κ3) is 4.62. The van der Waals surface area contributed by atoms with Crippen molar-refractivity contribution in [1.29, 1.82) is 0 Å². The minimum absolute atomic E-state index is 0.230. The quantitative estimate of drug-likeness (QED) is 0.520. The summed E-state index contributed by atoms with van der Waals surface area (Å²) in [6.45, 7) is 0. The Labute approximate surface area is 145 Å². The van der Waals surface area contributed by atoms with Gasteiger partial charge in [0.2, 0.25) is 0 Å². The van der Waals surface area contributed by atoms with Gasteiger partial charge in [-0.05, 0) is 59.7 Å². The van der Waals surface area contributed by atoms with Crippen molar-refractivity contribution < 1.29 is 17.6 Å². The monoisotopic (exact) mass is 350 g/mol. The van der Waals surface area contributed by atoms with Crippen molar-refractivity contribution in [2.45, 2.75) is 51.1 Å². The van der Waals surface area contributed by atoms with E-state index in [0.29, 0.717) is 23.5 Å². The average Bonchev–Trinajstić information content (AvgIpc) is 2.61. The first-order chi connectivity index (χ1) is 11.9. The molecule has 0 amide bonds. The Morgan fingerprint density at radius 2 is 1.48 bits per heavy atom. The molecular weight excluding hydrogens is 328 g/mol. The van der Waals surface area contributed by atoms with E-state index in [9.17, 15) is 17.6 Å². The molecule has 25 heavy (non-hydrogen) atoms. The van der Waals surface area contributed by atoms with E-state index in [-0.39, 0.29) is 5.82 Å². The Hall–Kier alpha value is -1.84. The molecule has 0 aliphatic heterocycles. The van der Waals surface area contributed by atoms with Gasteiger partial charge in [0.15, 0.2) is 0 Å². The fourth-order valence-electron chi connectivity index (χ4n) is 3.63. The lowest BCUT2D eigenvalue weighted by Crippen LogP contribution is -2.07. The molecule has 1 saturated carbocycles. The van der Waals surface area contributed by atoms with Crippen molar-refractivity contribution in [2.24, 2.45) is 5.92 Å². The number of alkyl halides is 3. The Morgan fingerprint density at radius 1 is 0.840 bits per heavy atom. The van der Waals surface area contributed by atoms with Crippen molar-refractivity contribution in [3.05, 3.63) is 59.4 Å². The second-order valence-corrected chi connectivity index (χ2v) is 6.92. The van der Waals surface area contributed by atoms with E-state index in [2.05, 4.69) is 0 Å². The van der Waals surface area contributed by atoms with Crippen LogP contribution in [0.1, 0.15) is 49.7 Å². The number of hydrogen-bond acceptors (Lipinski definition) is 0. The highest BCUT2D eigenvalue weighted by Crippen LogP contribution is 2.32. The van der Waals surface area contributed by atoms with Crippen LogP contribution in [-0.4, -0.2) is 0 Å². The highest BCUT2D eigenvalue weighted by Gasteiger charge is 2.30. The van der Waals surface area contributed by atoms with Crippen LogP contribution in [0.3, 0.4) is 0 Å². The lowest BCUT2D eigenvalue weighted by Gasteiger charge is -2.21. The summed E-state index contributed by atoms with van der Waals surface area (Å²) >= 11 is 0. The molecule has 0 aromatic heterocycles. The van der Waals surface area contributed by atoms with Crippen molar-refractivity contribution in [1.82, 2.24) is 0 Å². The normalized spacial score (nSPS) is 16.2. The molecule has 0 saturated heterocycles. The first-order valence-corrected chi connectivity index (χ1v) is 8.89. The highest BCUT2D eigenvalue weighted by atomic mass is 19.4. The van der Waals surface area contributed by atoms with E-state index < -0.39 is 11.7 Å². The number of aryl methyl sites for hydroxylation is 1. The smallest absolute Gasteiger partial charge is 0.207 e. The molecule has 1 aliphatic rings. The fourth-order valence-corrected chi connectivity index (χ4v) is 3.63. The maximum absolute atomic E-state index is 14.1. The summed E-state index contributed by atoms with van der Waals surface area (Å²) in [6, 6.07) is 9.86. The third-order valence-electron chi connectivity index (χ3n) is 5.14. The van der Waals surface area contributed by atoms with Crippen LogP contribution in [-0.2, 0) is 12.6 Å². The van der Waals surface area contributed by atoms with Gasteiger partial charge < -0.3 is 0 Å². The highest BCUT2D eigenvalue weighted by molar-refractivity contribution is 5.64. The number of rotatable bonds is 4. The molecule has 0 N–H and O–H groups in total. The molecule has 0 unspecified atom stereocenters. The lowest BCUT2D eigenvalue weighted by atomic mass is 9.85. The zero-order valence-corrected chi connectivity index (χ0v) is 14.1. The second kappa shape index (κ2) is 7.59. The SMILES string of the molecule is Fc1ccc(-c2ccc(C(F)(F)F)cc2)cc1CCC1CCCCC1. The van der Waals surface area contributed by atoms with E-state index in [1.165, 1.54) is 50.3 Å². The van der Waals surface area contributed by atoms with Crippen LogP contribution in [0.25, 0.3) is 11.1 Å². The Bertz CT molecular complexity index is 695. The average molecular weight is 350 g/mol. The van der Waals surface area contributed by atoms with E-state index in [4.69, 9.17) is 0 Å². The largest absolute Gasteiger partial charge is 0.416 e. The van der Waals surface area contributed by atoms with Gasteiger partial charge in [-0.1, -0.05) is 50.3 Å². The van der Waals surface area contributed by atoms with Gasteiger partial charge in [0.25, 0.3) is 0 Å². The molecule has 0 heterocycles. The Balaban J connectivity index is 1.74. The zero-order chi connectivity index (χ0) is 17.9. The van der Waals surface area contributed by atoms with Gasteiger partial charge in [0.05, 0.1) is 5.56 Å². The molecule has 134 valence electrons. The summed E-state index contributed by atoms with van der Waals surface area (Å²) in [5, 5.41) is 0. The van der Waals surface area contributed by atoms with Gasteiger partial charge in [0.1, 0.15) is 5.82 Å². The fraction of sp³-hybridized carbons (Fsp3) is 0.429. The van der Waals surface area contributed by atoms with Crippen LogP contribution in [0.15, 0.2) is 42.5 Å². The van der Waals surface area contributed by atoms with Gasteiger partial charge in [-0.25, -0.2) is 4.39 Å². The standard InChI is InChI=1S/C21H22F4/c22-20-13-10-17(16-8-11-19(12-9-16)21(23,24)25)14-18(20)7-6-15-4-2-1-3-5-15/h8-15H,1-7H2. The zero-order valence-electron chi connectivity index (χ0n) is 14.1. The molecule has 4 heteroatoms. The minimum atomic E-state index is -4.34. The van der Waals surface area contributed by atoms with E-state index >= 15 is 0 Å². The number of hydrogen-bond donors (Lipinski definition) is 0. The predicted octanol–water partition coefficient (Wildman–Crippen LogP) is 7.02. The van der Waals surface area contributed by atoms with Crippen LogP contribution >= 0.6 is 0 Å². The molecule has 1 fully saturated rings. The second-order valence-electron chi connectivity index (χ2n) is 6.92. The summed E-state index contributed by atoms with van der Waals surface area (Å²) in [7, 11) is 0. The Morgan fingerprint density at radius 3 is 2.12 bits per heavy atom. The lowest BCUT2D eigenvalue weighted by molar-refractivity contribution is -0.137. The van der Waals surface area contributed by atoms with Gasteiger partial charge in [0, 0.05) is 0 Å². The molecule has 0 spiro atoms. The van der Waals surface area contributed by atoms with E-state index in [0.717, 1.165) is 24.1 Å². The minimum Gasteiger partial charge on any atom is -0.207 e. The van der Waals surface area contributed by atoms with Crippen LogP contribution < -0.4 is 0 Å². The maximum Gasteiger partial charge on any atom is 0.416 e. The molecule has 0 bridgehead atoms. The summed E-state index contributed by atoms with van der Waals surface area (Å²) in [5.41, 5.74) is 1.42. The van der Waals surface area contributed by atoms with Crippen molar-refractivity contribution in [2.75, 3.05) is 0 Å². The predicted molar refractivity (Wildman–Crippen MR) is 91.7 cm³/mol. The molecule has 3 rings (SSSR count). The summed E-state index contributed by atoms with van der Waals surface area (Å²) < 4.78 is 52.1. The van der Waals surface area contributed by atoms with Crippen molar-refractivity contribution >= 4 is 0 Å². The summed E-state index contributed by atoms with van der Waals surface area (Å²) in [5.74, 6) is 0.439. The van der Waals surface area contributed by atoms with Gasteiger partial charge in [-0.3, -0.25) is 0 Å². The topological polar surface area (TPSA) is 0 Å². The third-order valence-corrected chi connectivity index (χ3v) is 5.14. The van der Waals surface area contributed by atoms with Crippen LogP contribution in [0.2, 0.25) is 0 Å². The maximum atomic E-state index is 14.1. The van der Waals surface area contributed by atoms with E-state index in [1.807, 2.05) is 0 Å².